The van der Waals surface area contributed by atoms with Crippen LogP contribution in [0.25, 0.3) is 6.08 Å². The standard InChI is InChI=1S/C19H19BrO4/c1-4-24-18-9-6-14(20)11-13(18)5-8-17(21)16-12-15(22-2)7-10-19(16)23-3/h5-12H,4H2,1-3H3/b8-5+. The molecule has 2 aromatic carbocycles. The predicted octanol–water partition coefficient (Wildman–Crippen LogP) is 4.76. The fourth-order valence-electron chi connectivity index (χ4n) is 2.20. The lowest BCUT2D eigenvalue weighted by atomic mass is 10.1. The van der Waals surface area contributed by atoms with Gasteiger partial charge in [-0.2, -0.15) is 0 Å². The fraction of sp³-hybridized carbons (Fsp3) is 0.211. The molecule has 126 valence electrons. The highest BCUT2D eigenvalue weighted by molar-refractivity contribution is 9.10. The van der Waals surface area contributed by atoms with Gasteiger partial charge in [-0.1, -0.05) is 15.9 Å². The van der Waals surface area contributed by atoms with Gasteiger partial charge in [-0.25, -0.2) is 0 Å². The lowest BCUT2D eigenvalue weighted by molar-refractivity contribution is 0.104. The Bertz CT molecular complexity index is 753. The van der Waals surface area contributed by atoms with Gasteiger partial charge in [0.1, 0.15) is 17.2 Å². The molecule has 0 amide bonds. The van der Waals surface area contributed by atoms with Crippen LogP contribution in [0.15, 0.2) is 46.9 Å². The quantitative estimate of drug-likeness (QED) is 0.504. The molecule has 0 bridgehead atoms. The Morgan fingerprint density at radius 3 is 2.50 bits per heavy atom. The highest BCUT2D eigenvalue weighted by Crippen LogP contribution is 2.27. The maximum Gasteiger partial charge on any atom is 0.189 e. The van der Waals surface area contributed by atoms with Gasteiger partial charge in [0.15, 0.2) is 5.78 Å². The number of benzene rings is 2. The lowest BCUT2D eigenvalue weighted by Crippen LogP contribution is -2.00. The molecule has 0 unspecified atom stereocenters. The van der Waals surface area contributed by atoms with E-state index in [-0.39, 0.29) is 5.78 Å². The molecule has 2 aromatic rings. The Morgan fingerprint density at radius 2 is 1.83 bits per heavy atom. The summed E-state index contributed by atoms with van der Waals surface area (Å²) in [6, 6.07) is 10.8. The van der Waals surface area contributed by atoms with Crippen LogP contribution in [0, 0.1) is 0 Å². The molecule has 0 N–H and O–H groups in total. The van der Waals surface area contributed by atoms with Crippen molar-refractivity contribution in [3.8, 4) is 17.2 Å². The van der Waals surface area contributed by atoms with E-state index in [0.717, 1.165) is 15.8 Å². The highest BCUT2D eigenvalue weighted by Gasteiger charge is 2.11. The molecule has 0 aliphatic heterocycles. The third-order valence-corrected chi connectivity index (χ3v) is 3.85. The first-order valence-electron chi connectivity index (χ1n) is 7.45. The first-order chi connectivity index (χ1) is 11.6. The summed E-state index contributed by atoms with van der Waals surface area (Å²) in [4.78, 5) is 12.5. The molecule has 0 aliphatic rings. The normalized spacial score (nSPS) is 10.7. The van der Waals surface area contributed by atoms with Crippen molar-refractivity contribution in [2.45, 2.75) is 6.92 Å². The Morgan fingerprint density at radius 1 is 1.08 bits per heavy atom. The van der Waals surface area contributed by atoms with Crippen LogP contribution in [0.5, 0.6) is 17.2 Å². The van der Waals surface area contributed by atoms with Crippen LogP contribution in [0.4, 0.5) is 0 Å². The number of hydrogen-bond donors (Lipinski definition) is 0. The molecule has 0 spiro atoms. The van der Waals surface area contributed by atoms with Crippen molar-refractivity contribution in [1.29, 1.82) is 0 Å². The van der Waals surface area contributed by atoms with Crippen molar-refractivity contribution in [3.05, 3.63) is 58.1 Å². The SMILES string of the molecule is CCOc1ccc(Br)cc1/C=C/C(=O)c1cc(OC)ccc1OC. The van der Waals surface area contributed by atoms with E-state index in [1.54, 1.807) is 31.4 Å². The first kappa shape index (κ1) is 18.1. The Hall–Kier alpha value is -2.27. The van der Waals surface area contributed by atoms with Crippen LogP contribution >= 0.6 is 15.9 Å². The summed E-state index contributed by atoms with van der Waals surface area (Å²) in [6.45, 7) is 2.47. The van der Waals surface area contributed by atoms with Crippen molar-refractivity contribution in [1.82, 2.24) is 0 Å². The second kappa shape index (κ2) is 8.55. The van der Waals surface area contributed by atoms with Gasteiger partial charge in [-0.05, 0) is 55.5 Å². The van der Waals surface area contributed by atoms with E-state index < -0.39 is 0 Å². The van der Waals surface area contributed by atoms with E-state index in [2.05, 4.69) is 15.9 Å². The molecular weight excluding hydrogens is 372 g/mol. The van der Waals surface area contributed by atoms with E-state index in [4.69, 9.17) is 14.2 Å². The fourth-order valence-corrected chi connectivity index (χ4v) is 2.58. The summed E-state index contributed by atoms with van der Waals surface area (Å²) in [5.74, 6) is 1.66. The highest BCUT2D eigenvalue weighted by atomic mass is 79.9. The largest absolute Gasteiger partial charge is 0.497 e. The molecule has 0 heterocycles. The molecular formula is C19H19BrO4. The number of halogens is 1. The number of allylic oxidation sites excluding steroid dienone is 1. The number of carbonyl (C=O) groups is 1. The number of hydrogen-bond acceptors (Lipinski definition) is 4. The summed E-state index contributed by atoms with van der Waals surface area (Å²) < 4.78 is 16.9. The average Bonchev–Trinajstić information content (AvgIpc) is 2.61. The predicted molar refractivity (Wildman–Crippen MR) is 98.2 cm³/mol. The number of methoxy groups -OCH3 is 2. The summed E-state index contributed by atoms with van der Waals surface area (Å²) in [5, 5.41) is 0. The monoisotopic (exact) mass is 390 g/mol. The van der Waals surface area contributed by atoms with Gasteiger partial charge in [0.25, 0.3) is 0 Å². The van der Waals surface area contributed by atoms with E-state index >= 15 is 0 Å². The van der Waals surface area contributed by atoms with Gasteiger partial charge in [-0.3, -0.25) is 4.79 Å². The summed E-state index contributed by atoms with van der Waals surface area (Å²) in [5.41, 5.74) is 1.27. The van der Waals surface area contributed by atoms with Crippen LogP contribution < -0.4 is 14.2 Å². The van der Waals surface area contributed by atoms with Crippen LogP contribution in [-0.2, 0) is 0 Å². The molecule has 0 fully saturated rings. The van der Waals surface area contributed by atoms with Crippen LogP contribution in [-0.4, -0.2) is 26.6 Å². The van der Waals surface area contributed by atoms with Gasteiger partial charge in [0, 0.05) is 10.0 Å². The number of ether oxygens (including phenoxy) is 3. The Labute approximate surface area is 150 Å². The lowest BCUT2D eigenvalue weighted by Gasteiger charge is -2.09. The van der Waals surface area contributed by atoms with Gasteiger partial charge in [0.05, 0.1) is 26.4 Å². The van der Waals surface area contributed by atoms with Gasteiger partial charge < -0.3 is 14.2 Å². The Balaban J connectivity index is 2.33. The first-order valence-corrected chi connectivity index (χ1v) is 8.25. The molecule has 0 atom stereocenters. The van der Waals surface area contributed by atoms with Crippen molar-refractivity contribution >= 4 is 27.8 Å². The average molecular weight is 391 g/mol. The molecule has 0 aromatic heterocycles. The van der Waals surface area contributed by atoms with Crippen molar-refractivity contribution < 1.29 is 19.0 Å². The molecule has 4 nitrogen and oxygen atoms in total. The Kier molecular flexibility index (Phi) is 6.44. The zero-order valence-corrected chi connectivity index (χ0v) is 15.4. The van der Waals surface area contributed by atoms with E-state index in [1.165, 1.54) is 13.2 Å². The van der Waals surface area contributed by atoms with Crippen molar-refractivity contribution in [2.75, 3.05) is 20.8 Å². The molecule has 2 rings (SSSR count). The maximum atomic E-state index is 12.5. The zero-order chi connectivity index (χ0) is 17.5. The summed E-state index contributed by atoms with van der Waals surface area (Å²) in [6.07, 6.45) is 3.23. The summed E-state index contributed by atoms with van der Waals surface area (Å²) in [7, 11) is 3.09. The molecule has 0 saturated carbocycles. The third-order valence-electron chi connectivity index (χ3n) is 3.36. The van der Waals surface area contributed by atoms with Gasteiger partial charge in [-0.15, -0.1) is 0 Å². The molecule has 24 heavy (non-hydrogen) atoms. The maximum absolute atomic E-state index is 12.5. The van der Waals surface area contributed by atoms with Crippen LogP contribution in [0.1, 0.15) is 22.8 Å². The third kappa shape index (κ3) is 4.38. The van der Waals surface area contributed by atoms with E-state index in [0.29, 0.717) is 23.7 Å². The molecule has 0 aliphatic carbocycles. The van der Waals surface area contributed by atoms with Crippen LogP contribution in [0.2, 0.25) is 0 Å². The zero-order valence-electron chi connectivity index (χ0n) is 13.8. The van der Waals surface area contributed by atoms with E-state index in [9.17, 15) is 4.79 Å². The van der Waals surface area contributed by atoms with Crippen molar-refractivity contribution in [3.63, 3.8) is 0 Å². The number of ketones is 1. The minimum Gasteiger partial charge on any atom is -0.497 e. The molecule has 0 saturated heterocycles. The molecule has 0 radical (unpaired) electrons. The number of carbonyl (C=O) groups excluding carboxylic acids is 1. The van der Waals surface area contributed by atoms with Gasteiger partial charge in [0.2, 0.25) is 0 Å². The minimum absolute atomic E-state index is 0.173. The van der Waals surface area contributed by atoms with Crippen LogP contribution in [0.3, 0.4) is 0 Å². The second-order valence-corrected chi connectivity index (χ2v) is 5.79. The van der Waals surface area contributed by atoms with Crippen molar-refractivity contribution in [2.24, 2.45) is 0 Å². The van der Waals surface area contributed by atoms with E-state index in [1.807, 2.05) is 25.1 Å². The summed E-state index contributed by atoms with van der Waals surface area (Å²) >= 11 is 3.43. The topological polar surface area (TPSA) is 44.8 Å². The second-order valence-electron chi connectivity index (χ2n) is 4.88. The van der Waals surface area contributed by atoms with Gasteiger partial charge >= 0.3 is 0 Å². The molecule has 5 heteroatoms. The smallest absolute Gasteiger partial charge is 0.189 e. The minimum atomic E-state index is -0.173. The number of rotatable bonds is 7.